The van der Waals surface area contributed by atoms with Crippen LogP contribution >= 0.6 is 15.9 Å². The van der Waals surface area contributed by atoms with Crippen LogP contribution in [-0.2, 0) is 4.79 Å². The van der Waals surface area contributed by atoms with E-state index in [4.69, 9.17) is 4.74 Å². The summed E-state index contributed by atoms with van der Waals surface area (Å²) in [4.78, 5) is 11.8. The van der Waals surface area contributed by atoms with E-state index in [0.29, 0.717) is 11.4 Å². The third kappa shape index (κ3) is 4.88. The second-order valence-electron chi connectivity index (χ2n) is 4.59. The molecule has 1 atom stereocenters. The van der Waals surface area contributed by atoms with Crippen molar-refractivity contribution >= 4 is 27.5 Å². The lowest BCUT2D eigenvalue weighted by molar-refractivity contribution is -0.118. The molecular formula is C16H16BrNO3. The molecule has 110 valence electrons. The molecule has 0 aliphatic heterocycles. The molecule has 1 amide bonds. The summed E-state index contributed by atoms with van der Waals surface area (Å²) in [5.74, 6) is 0.358. The molecule has 0 spiro atoms. The smallest absolute Gasteiger partial charge is 0.262 e. The lowest BCUT2D eigenvalue weighted by Gasteiger charge is -2.09. The van der Waals surface area contributed by atoms with Crippen LogP contribution in [0.15, 0.2) is 53.0 Å². The minimum atomic E-state index is -0.515. The van der Waals surface area contributed by atoms with Crippen molar-refractivity contribution in [3.63, 3.8) is 0 Å². The van der Waals surface area contributed by atoms with Gasteiger partial charge in [-0.3, -0.25) is 4.79 Å². The first-order valence-corrected chi connectivity index (χ1v) is 7.30. The van der Waals surface area contributed by atoms with Gasteiger partial charge in [0, 0.05) is 10.2 Å². The quantitative estimate of drug-likeness (QED) is 0.868. The van der Waals surface area contributed by atoms with E-state index in [-0.39, 0.29) is 12.5 Å². The minimum absolute atomic E-state index is 0.0689. The molecule has 0 unspecified atom stereocenters. The molecule has 0 aliphatic rings. The number of aliphatic hydroxyl groups excluding tert-OH is 1. The Bertz CT molecular complexity index is 611. The molecule has 0 heterocycles. The molecule has 0 radical (unpaired) electrons. The van der Waals surface area contributed by atoms with Crippen molar-refractivity contribution < 1.29 is 14.6 Å². The van der Waals surface area contributed by atoms with Gasteiger partial charge in [0.1, 0.15) is 5.75 Å². The number of amides is 1. The van der Waals surface area contributed by atoms with Crippen LogP contribution in [0.4, 0.5) is 5.69 Å². The number of aliphatic hydroxyl groups is 1. The van der Waals surface area contributed by atoms with Crippen LogP contribution < -0.4 is 10.1 Å². The van der Waals surface area contributed by atoms with Gasteiger partial charge in [0.25, 0.3) is 5.91 Å². The van der Waals surface area contributed by atoms with E-state index >= 15 is 0 Å². The molecular weight excluding hydrogens is 334 g/mol. The summed E-state index contributed by atoms with van der Waals surface area (Å²) < 4.78 is 6.30. The highest BCUT2D eigenvalue weighted by Crippen LogP contribution is 2.18. The second kappa shape index (κ2) is 7.24. The number of carbonyl (C=O) groups is 1. The van der Waals surface area contributed by atoms with Gasteiger partial charge in [-0.05, 0) is 42.8 Å². The number of carbonyl (C=O) groups excluding carboxylic acids is 1. The Kier molecular flexibility index (Phi) is 5.36. The zero-order chi connectivity index (χ0) is 15.2. The molecule has 0 saturated carbocycles. The summed E-state index contributed by atoms with van der Waals surface area (Å²) in [5, 5.41) is 12.2. The lowest BCUT2D eigenvalue weighted by Crippen LogP contribution is -2.20. The van der Waals surface area contributed by atoms with Gasteiger partial charge in [0.2, 0.25) is 0 Å². The van der Waals surface area contributed by atoms with Crippen molar-refractivity contribution in [2.24, 2.45) is 0 Å². The average Bonchev–Trinajstić information content (AvgIpc) is 2.45. The topological polar surface area (TPSA) is 58.6 Å². The van der Waals surface area contributed by atoms with Crippen LogP contribution in [-0.4, -0.2) is 17.6 Å². The van der Waals surface area contributed by atoms with Gasteiger partial charge >= 0.3 is 0 Å². The standard InChI is InChI=1S/C16H16BrNO3/c1-11(19)12-5-7-15(8-6-12)21-10-16(20)18-14-4-2-3-13(17)9-14/h2-9,11,19H,10H2,1H3,(H,18,20)/t11-/m0/s1. The van der Waals surface area contributed by atoms with E-state index in [1.165, 1.54) is 0 Å². The molecule has 0 saturated heterocycles. The van der Waals surface area contributed by atoms with Gasteiger partial charge in [-0.1, -0.05) is 34.1 Å². The first-order valence-electron chi connectivity index (χ1n) is 6.51. The Morgan fingerprint density at radius 2 is 2.00 bits per heavy atom. The fourth-order valence-corrected chi connectivity index (χ4v) is 2.15. The second-order valence-corrected chi connectivity index (χ2v) is 5.51. The van der Waals surface area contributed by atoms with Crippen molar-refractivity contribution in [3.8, 4) is 5.75 Å². The van der Waals surface area contributed by atoms with Crippen LogP contribution in [0.5, 0.6) is 5.75 Å². The van der Waals surface area contributed by atoms with Gasteiger partial charge < -0.3 is 15.2 Å². The molecule has 4 nitrogen and oxygen atoms in total. The Labute approximate surface area is 131 Å². The van der Waals surface area contributed by atoms with E-state index in [2.05, 4.69) is 21.2 Å². The Morgan fingerprint density at radius 1 is 1.29 bits per heavy atom. The predicted octanol–water partition coefficient (Wildman–Crippen LogP) is 3.52. The maximum atomic E-state index is 11.8. The largest absolute Gasteiger partial charge is 0.484 e. The molecule has 0 aliphatic carbocycles. The van der Waals surface area contributed by atoms with Crippen LogP contribution in [0.3, 0.4) is 0 Å². The van der Waals surface area contributed by atoms with Crippen molar-refractivity contribution in [2.45, 2.75) is 13.0 Å². The van der Waals surface area contributed by atoms with Gasteiger partial charge in [-0.25, -0.2) is 0 Å². The summed E-state index contributed by atoms with van der Waals surface area (Å²) in [6.07, 6.45) is -0.515. The van der Waals surface area contributed by atoms with E-state index in [1.54, 1.807) is 37.3 Å². The summed E-state index contributed by atoms with van der Waals surface area (Å²) in [6.45, 7) is 1.63. The van der Waals surface area contributed by atoms with Crippen LogP contribution in [0.2, 0.25) is 0 Å². The lowest BCUT2D eigenvalue weighted by atomic mass is 10.1. The van der Waals surface area contributed by atoms with E-state index < -0.39 is 6.10 Å². The van der Waals surface area contributed by atoms with E-state index in [9.17, 15) is 9.90 Å². The number of halogens is 1. The highest BCUT2D eigenvalue weighted by molar-refractivity contribution is 9.10. The predicted molar refractivity (Wildman–Crippen MR) is 85.3 cm³/mol. The number of nitrogens with one attached hydrogen (secondary N) is 1. The number of rotatable bonds is 5. The zero-order valence-electron chi connectivity index (χ0n) is 11.5. The van der Waals surface area contributed by atoms with Gasteiger partial charge in [-0.15, -0.1) is 0 Å². The molecule has 2 aromatic carbocycles. The average molecular weight is 350 g/mol. The number of hydrogen-bond acceptors (Lipinski definition) is 3. The zero-order valence-corrected chi connectivity index (χ0v) is 13.1. The van der Waals surface area contributed by atoms with Gasteiger partial charge in [0.15, 0.2) is 6.61 Å². The Hall–Kier alpha value is -1.85. The SMILES string of the molecule is C[C@H](O)c1ccc(OCC(=O)Nc2cccc(Br)c2)cc1. The highest BCUT2D eigenvalue weighted by atomic mass is 79.9. The fourth-order valence-electron chi connectivity index (χ4n) is 1.75. The number of anilines is 1. The van der Waals surface area contributed by atoms with E-state index in [0.717, 1.165) is 10.0 Å². The van der Waals surface area contributed by atoms with Crippen molar-refractivity contribution in [1.82, 2.24) is 0 Å². The first kappa shape index (κ1) is 15.5. The Balaban J connectivity index is 1.86. The summed E-state index contributed by atoms with van der Waals surface area (Å²) in [7, 11) is 0. The van der Waals surface area contributed by atoms with Crippen molar-refractivity contribution in [3.05, 3.63) is 58.6 Å². The molecule has 0 fully saturated rings. The van der Waals surface area contributed by atoms with Crippen LogP contribution in [0.1, 0.15) is 18.6 Å². The molecule has 2 rings (SSSR count). The van der Waals surface area contributed by atoms with Gasteiger partial charge in [-0.2, -0.15) is 0 Å². The first-order chi connectivity index (χ1) is 10.0. The van der Waals surface area contributed by atoms with Crippen molar-refractivity contribution in [2.75, 3.05) is 11.9 Å². The van der Waals surface area contributed by atoms with Crippen LogP contribution in [0.25, 0.3) is 0 Å². The summed E-state index contributed by atoms with van der Waals surface area (Å²) >= 11 is 3.34. The van der Waals surface area contributed by atoms with Crippen LogP contribution in [0, 0.1) is 0 Å². The number of hydrogen-bond donors (Lipinski definition) is 2. The third-order valence-corrected chi connectivity index (χ3v) is 3.33. The van der Waals surface area contributed by atoms with Crippen molar-refractivity contribution in [1.29, 1.82) is 0 Å². The number of benzene rings is 2. The molecule has 5 heteroatoms. The van der Waals surface area contributed by atoms with Gasteiger partial charge in [0.05, 0.1) is 6.10 Å². The normalized spacial score (nSPS) is 11.8. The maximum Gasteiger partial charge on any atom is 0.262 e. The maximum absolute atomic E-state index is 11.8. The minimum Gasteiger partial charge on any atom is -0.484 e. The number of ether oxygens (including phenoxy) is 1. The summed E-state index contributed by atoms with van der Waals surface area (Å²) in [5.41, 5.74) is 1.52. The monoisotopic (exact) mass is 349 g/mol. The summed E-state index contributed by atoms with van der Waals surface area (Å²) in [6, 6.07) is 14.3. The third-order valence-electron chi connectivity index (χ3n) is 2.84. The van der Waals surface area contributed by atoms with E-state index in [1.807, 2.05) is 18.2 Å². The Morgan fingerprint density at radius 3 is 2.62 bits per heavy atom. The fraction of sp³-hybridized carbons (Fsp3) is 0.188. The molecule has 21 heavy (non-hydrogen) atoms. The highest BCUT2D eigenvalue weighted by Gasteiger charge is 2.05. The molecule has 2 N–H and O–H groups in total. The molecule has 0 aromatic heterocycles. The molecule has 2 aromatic rings. The molecule has 0 bridgehead atoms.